The van der Waals surface area contributed by atoms with E-state index in [9.17, 15) is 0 Å². The lowest BCUT2D eigenvalue weighted by atomic mass is 9.80. The molecule has 1 aliphatic carbocycles. The Morgan fingerprint density at radius 1 is 1.22 bits per heavy atom. The van der Waals surface area contributed by atoms with Crippen molar-refractivity contribution in [2.45, 2.75) is 46.0 Å². The summed E-state index contributed by atoms with van der Waals surface area (Å²) in [6.45, 7) is 12.6. The molecule has 1 aromatic carbocycles. The van der Waals surface area contributed by atoms with Crippen molar-refractivity contribution in [3.8, 4) is 0 Å². The molecule has 1 fully saturated rings. The van der Waals surface area contributed by atoms with Gasteiger partial charge < -0.3 is 0 Å². The summed E-state index contributed by atoms with van der Waals surface area (Å²) in [5.74, 6) is 0.692. The molecule has 0 heterocycles. The summed E-state index contributed by atoms with van der Waals surface area (Å²) in [5, 5.41) is 0. The Morgan fingerprint density at radius 3 is 2.67 bits per heavy atom. The van der Waals surface area contributed by atoms with Gasteiger partial charge in [0.05, 0.1) is 0 Å². The molecule has 1 unspecified atom stereocenters. The van der Waals surface area contributed by atoms with Crippen LogP contribution < -0.4 is 0 Å². The van der Waals surface area contributed by atoms with Crippen molar-refractivity contribution in [3.63, 3.8) is 0 Å². The molecule has 1 aliphatic rings. The fraction of sp³-hybridized carbons (Fsp3) is 0.444. The third kappa shape index (κ3) is 2.75. The largest absolute Gasteiger partial charge is 0.0996 e. The smallest absolute Gasteiger partial charge is 0.0165 e. The number of aryl methyl sites for hydroxylation is 2. The van der Waals surface area contributed by atoms with Crippen LogP contribution in [0, 0.1) is 19.8 Å². The van der Waals surface area contributed by atoms with Crippen molar-refractivity contribution in [1.82, 2.24) is 0 Å². The molecule has 1 atom stereocenters. The minimum Gasteiger partial charge on any atom is -0.0996 e. The highest BCUT2D eigenvalue weighted by Gasteiger charge is 2.18. The molecule has 0 nitrogen and oxygen atoms in total. The van der Waals surface area contributed by atoms with Crippen LogP contribution in [0.15, 0.2) is 30.9 Å². The van der Waals surface area contributed by atoms with Crippen LogP contribution in [0.5, 0.6) is 0 Å². The summed E-state index contributed by atoms with van der Waals surface area (Å²) < 4.78 is 0. The maximum atomic E-state index is 4.26. The normalized spacial score (nSPS) is 19.9. The van der Waals surface area contributed by atoms with Crippen molar-refractivity contribution in [3.05, 3.63) is 53.1 Å². The fourth-order valence-electron chi connectivity index (χ4n) is 3.02. The van der Waals surface area contributed by atoms with Gasteiger partial charge in [0.25, 0.3) is 0 Å². The predicted octanol–water partition coefficient (Wildman–Crippen LogP) is 5.24. The molecule has 0 aromatic heterocycles. The summed E-state index contributed by atoms with van der Waals surface area (Å²) in [4.78, 5) is 0. The van der Waals surface area contributed by atoms with E-state index >= 15 is 0 Å². The Bertz CT molecular complexity index is 465. The fourth-order valence-corrected chi connectivity index (χ4v) is 3.02. The maximum Gasteiger partial charge on any atom is -0.0165 e. The predicted molar refractivity (Wildman–Crippen MR) is 80.8 cm³/mol. The van der Waals surface area contributed by atoms with Gasteiger partial charge >= 0.3 is 0 Å². The number of hydrogen-bond acceptors (Lipinski definition) is 0. The molecule has 0 bridgehead atoms. The summed E-state index contributed by atoms with van der Waals surface area (Å²) >= 11 is 0. The highest BCUT2D eigenvalue weighted by molar-refractivity contribution is 5.54. The molecule has 96 valence electrons. The van der Waals surface area contributed by atoms with Crippen molar-refractivity contribution >= 4 is 6.08 Å². The van der Waals surface area contributed by atoms with Gasteiger partial charge in [-0.2, -0.15) is 0 Å². The van der Waals surface area contributed by atoms with E-state index in [1.165, 1.54) is 53.5 Å². The van der Waals surface area contributed by atoms with Gasteiger partial charge in [-0.25, -0.2) is 0 Å². The molecule has 1 aromatic rings. The summed E-state index contributed by atoms with van der Waals surface area (Å²) in [6.07, 6.45) is 8.36. The van der Waals surface area contributed by atoms with Crippen LogP contribution in [0.1, 0.15) is 47.9 Å². The van der Waals surface area contributed by atoms with Gasteiger partial charge in [0.15, 0.2) is 0 Å². The van der Waals surface area contributed by atoms with Crippen molar-refractivity contribution in [2.75, 3.05) is 0 Å². The molecule has 0 aliphatic heterocycles. The zero-order valence-electron chi connectivity index (χ0n) is 11.8. The first-order chi connectivity index (χ1) is 8.61. The average Bonchev–Trinajstić information content (AvgIpc) is 2.35. The van der Waals surface area contributed by atoms with Crippen molar-refractivity contribution in [2.24, 2.45) is 5.92 Å². The van der Waals surface area contributed by atoms with Crippen LogP contribution in [0.4, 0.5) is 0 Å². The van der Waals surface area contributed by atoms with Crippen LogP contribution in [-0.4, -0.2) is 0 Å². The molecular weight excluding hydrogens is 216 g/mol. The highest BCUT2D eigenvalue weighted by atomic mass is 14.2. The first-order valence-electron chi connectivity index (χ1n) is 7.02. The lowest BCUT2D eigenvalue weighted by Gasteiger charge is -2.25. The molecule has 0 heteroatoms. The van der Waals surface area contributed by atoms with Crippen molar-refractivity contribution < 1.29 is 0 Å². The van der Waals surface area contributed by atoms with Gasteiger partial charge in [-0.05, 0) is 67.7 Å². The lowest BCUT2D eigenvalue weighted by molar-refractivity contribution is 0.452. The second-order valence-electron chi connectivity index (χ2n) is 5.64. The van der Waals surface area contributed by atoms with Crippen LogP contribution in [-0.2, 0) is 6.42 Å². The van der Waals surface area contributed by atoms with E-state index in [1.54, 1.807) is 0 Å². The molecule has 0 saturated heterocycles. The molecular formula is C18H24. The minimum absolute atomic E-state index is 0.692. The Balaban J connectivity index is 2.22. The van der Waals surface area contributed by atoms with E-state index in [0.717, 1.165) is 6.42 Å². The minimum atomic E-state index is 0.692. The van der Waals surface area contributed by atoms with Gasteiger partial charge in [-0.15, -0.1) is 0 Å². The van der Waals surface area contributed by atoms with E-state index in [-0.39, 0.29) is 0 Å². The van der Waals surface area contributed by atoms with Gasteiger partial charge in [-0.3, -0.25) is 0 Å². The number of allylic oxidation sites excluding steroid dienone is 1. The summed E-state index contributed by atoms with van der Waals surface area (Å²) in [5.41, 5.74) is 6.95. The Hall–Kier alpha value is -1.30. The van der Waals surface area contributed by atoms with Crippen LogP contribution in [0.3, 0.4) is 0 Å². The van der Waals surface area contributed by atoms with Crippen LogP contribution in [0.25, 0.3) is 6.08 Å². The molecule has 0 N–H and O–H groups in total. The number of hydrogen-bond donors (Lipinski definition) is 0. The Morgan fingerprint density at radius 2 is 2.00 bits per heavy atom. The zero-order chi connectivity index (χ0) is 13.1. The standard InChI is InChI=1S/C18H24/c1-5-16-11-18(15(4)10-14(16)3)12-17-9-7-6-8-13(17)2/h5,10-11,17H,1-2,6-9,12H2,3-4H3. The highest BCUT2D eigenvalue weighted by Crippen LogP contribution is 2.32. The van der Waals surface area contributed by atoms with Gasteiger partial charge in [0.2, 0.25) is 0 Å². The lowest BCUT2D eigenvalue weighted by Crippen LogP contribution is -2.13. The van der Waals surface area contributed by atoms with Gasteiger partial charge in [0.1, 0.15) is 0 Å². The van der Waals surface area contributed by atoms with Gasteiger partial charge in [-0.1, -0.05) is 43.4 Å². The Labute approximate surface area is 111 Å². The Kier molecular flexibility index (Phi) is 4.06. The monoisotopic (exact) mass is 240 g/mol. The average molecular weight is 240 g/mol. The summed E-state index contributed by atoms with van der Waals surface area (Å²) in [6, 6.07) is 4.61. The zero-order valence-corrected chi connectivity index (χ0v) is 11.8. The third-order valence-electron chi connectivity index (χ3n) is 4.29. The van der Waals surface area contributed by atoms with Crippen LogP contribution >= 0.6 is 0 Å². The topological polar surface area (TPSA) is 0 Å². The molecule has 0 amide bonds. The molecule has 18 heavy (non-hydrogen) atoms. The van der Waals surface area contributed by atoms with E-state index in [2.05, 4.69) is 39.1 Å². The molecule has 1 saturated carbocycles. The SMILES string of the molecule is C=Cc1cc(CC2CCCCC2=C)c(C)cc1C. The van der Waals surface area contributed by atoms with E-state index in [0.29, 0.717) is 5.92 Å². The maximum absolute atomic E-state index is 4.26. The quantitative estimate of drug-likeness (QED) is 0.634. The van der Waals surface area contributed by atoms with E-state index in [1.807, 2.05) is 6.08 Å². The molecule has 2 rings (SSSR count). The van der Waals surface area contributed by atoms with E-state index in [4.69, 9.17) is 0 Å². The molecule has 0 radical (unpaired) electrons. The second-order valence-corrected chi connectivity index (χ2v) is 5.64. The first-order valence-corrected chi connectivity index (χ1v) is 7.02. The van der Waals surface area contributed by atoms with E-state index < -0.39 is 0 Å². The van der Waals surface area contributed by atoms with Crippen molar-refractivity contribution in [1.29, 1.82) is 0 Å². The number of rotatable bonds is 3. The molecule has 0 spiro atoms. The summed E-state index contributed by atoms with van der Waals surface area (Å²) in [7, 11) is 0. The first kappa shape index (κ1) is 13.1. The number of benzene rings is 1. The van der Waals surface area contributed by atoms with Crippen LogP contribution in [0.2, 0.25) is 0 Å². The second kappa shape index (κ2) is 5.56. The van der Waals surface area contributed by atoms with Gasteiger partial charge in [0, 0.05) is 0 Å². The third-order valence-corrected chi connectivity index (χ3v) is 4.29.